The minimum absolute atomic E-state index is 0.222. The van der Waals surface area contributed by atoms with Crippen LogP contribution in [0.5, 0.6) is 17.2 Å². The molecule has 0 amide bonds. The van der Waals surface area contributed by atoms with Crippen molar-refractivity contribution in [3.63, 3.8) is 0 Å². The van der Waals surface area contributed by atoms with Gasteiger partial charge in [-0.3, -0.25) is 9.69 Å². The average molecular weight is 428 g/mol. The van der Waals surface area contributed by atoms with Crippen LogP contribution in [0.25, 0.3) is 10.1 Å². The molecule has 2 heterocycles. The van der Waals surface area contributed by atoms with E-state index >= 15 is 0 Å². The van der Waals surface area contributed by atoms with Crippen LogP contribution in [0, 0.1) is 0 Å². The Hall–Kier alpha value is -2.77. The van der Waals surface area contributed by atoms with Crippen LogP contribution in [-0.4, -0.2) is 49.9 Å². The fraction of sp³-hybridized carbons (Fsp3) is 0.348. The van der Waals surface area contributed by atoms with Gasteiger partial charge in [0.05, 0.1) is 27.4 Å². The van der Waals surface area contributed by atoms with Gasteiger partial charge in [-0.25, -0.2) is 0 Å². The van der Waals surface area contributed by atoms with Crippen LogP contribution < -0.4 is 14.2 Å². The van der Waals surface area contributed by atoms with E-state index in [4.69, 9.17) is 14.2 Å². The molecule has 6 nitrogen and oxygen atoms in total. The van der Waals surface area contributed by atoms with Crippen LogP contribution in [0.15, 0.2) is 42.5 Å². The van der Waals surface area contributed by atoms with Crippen molar-refractivity contribution in [3.8, 4) is 17.2 Å². The van der Waals surface area contributed by atoms with E-state index in [1.165, 1.54) is 4.70 Å². The molecule has 4 rings (SSSR count). The lowest BCUT2D eigenvalue weighted by atomic mass is 10.0. The van der Waals surface area contributed by atoms with Crippen molar-refractivity contribution < 1.29 is 24.1 Å². The molecule has 1 saturated heterocycles. The summed E-state index contributed by atoms with van der Waals surface area (Å²) in [6.45, 7) is 0.715. The normalized spacial score (nSPS) is 17.8. The smallest absolute Gasteiger partial charge is 0.320 e. The number of nitrogens with zero attached hydrogens (tertiary/aromatic N) is 1. The van der Waals surface area contributed by atoms with Crippen LogP contribution in [0.2, 0.25) is 0 Å². The predicted molar refractivity (Wildman–Crippen MR) is 117 cm³/mol. The molecule has 1 fully saturated rings. The maximum absolute atomic E-state index is 12.0. The summed E-state index contributed by atoms with van der Waals surface area (Å²) < 4.78 is 17.8. The van der Waals surface area contributed by atoms with Crippen molar-refractivity contribution in [2.45, 2.75) is 24.9 Å². The second-order valence-electron chi connectivity index (χ2n) is 7.28. The minimum atomic E-state index is -0.786. The first kappa shape index (κ1) is 20.5. The zero-order valence-corrected chi connectivity index (χ0v) is 18.1. The Morgan fingerprint density at radius 1 is 1.10 bits per heavy atom. The number of rotatable bonds is 7. The molecule has 2 unspecified atom stereocenters. The zero-order valence-electron chi connectivity index (χ0n) is 17.3. The highest BCUT2D eigenvalue weighted by Crippen LogP contribution is 2.45. The van der Waals surface area contributed by atoms with Gasteiger partial charge in [-0.2, -0.15) is 0 Å². The molecular formula is C23H25NO5S. The summed E-state index contributed by atoms with van der Waals surface area (Å²) in [4.78, 5) is 15.2. The summed E-state index contributed by atoms with van der Waals surface area (Å²) in [5.74, 6) is 0.856. The lowest BCUT2D eigenvalue weighted by molar-refractivity contribution is -0.142. The molecule has 1 aliphatic heterocycles. The van der Waals surface area contributed by atoms with Crippen molar-refractivity contribution in [2.24, 2.45) is 0 Å². The number of carboxylic acid groups (broad SMARTS) is 1. The van der Waals surface area contributed by atoms with E-state index in [-0.39, 0.29) is 6.04 Å². The van der Waals surface area contributed by atoms with E-state index < -0.39 is 12.0 Å². The summed E-state index contributed by atoms with van der Waals surface area (Å²) in [6, 6.07) is 13.5. The Morgan fingerprint density at radius 2 is 1.80 bits per heavy atom. The molecule has 0 aliphatic carbocycles. The number of thiophene rings is 1. The Labute approximate surface area is 179 Å². The highest BCUT2D eigenvalue weighted by atomic mass is 32.1. The summed E-state index contributed by atoms with van der Waals surface area (Å²) in [5.41, 5.74) is 0.921. The number of likely N-dealkylation sites (tertiary alicyclic amines) is 1. The third kappa shape index (κ3) is 3.59. The standard InChI is InChI=1S/C23H25NO5S/c1-27-17-11-15(12-18(28-2)22(17)29-3)21(24-10-6-8-16(24)23(25)26)20-13-14-7-4-5-9-19(14)30-20/h4-5,7,9,11-13,16,21H,6,8,10H2,1-3H3,(H,25,26). The van der Waals surface area contributed by atoms with Gasteiger partial charge in [-0.15, -0.1) is 11.3 Å². The summed E-state index contributed by atoms with van der Waals surface area (Å²) in [5, 5.41) is 11.0. The van der Waals surface area contributed by atoms with E-state index in [1.54, 1.807) is 32.7 Å². The second-order valence-corrected chi connectivity index (χ2v) is 8.40. The molecule has 2 aromatic carbocycles. The van der Waals surface area contributed by atoms with Gasteiger partial charge >= 0.3 is 5.97 Å². The number of carbonyl (C=O) groups is 1. The number of hydrogen-bond acceptors (Lipinski definition) is 6. The third-order valence-corrected chi connectivity index (χ3v) is 6.80. The topological polar surface area (TPSA) is 68.2 Å². The monoisotopic (exact) mass is 427 g/mol. The van der Waals surface area contributed by atoms with E-state index in [2.05, 4.69) is 23.1 Å². The lowest BCUT2D eigenvalue weighted by Crippen LogP contribution is -2.39. The van der Waals surface area contributed by atoms with Crippen molar-refractivity contribution >= 4 is 27.4 Å². The van der Waals surface area contributed by atoms with Crippen LogP contribution in [0.4, 0.5) is 0 Å². The third-order valence-electron chi connectivity index (χ3n) is 5.63. The Bertz CT molecular complexity index is 1000. The molecule has 1 aromatic heterocycles. The van der Waals surface area contributed by atoms with Crippen LogP contribution in [0.3, 0.4) is 0 Å². The molecule has 0 spiro atoms. The van der Waals surface area contributed by atoms with Gasteiger partial charge in [0.1, 0.15) is 6.04 Å². The van der Waals surface area contributed by atoms with Crippen molar-refractivity contribution in [1.82, 2.24) is 4.90 Å². The number of carboxylic acids is 1. The van der Waals surface area contributed by atoms with Gasteiger partial charge in [0.2, 0.25) is 5.75 Å². The van der Waals surface area contributed by atoms with Gasteiger partial charge in [-0.1, -0.05) is 18.2 Å². The molecule has 158 valence electrons. The SMILES string of the molecule is COc1cc(C(c2cc3ccccc3s2)N2CCCC2C(=O)O)cc(OC)c1OC. The molecule has 1 N–H and O–H groups in total. The molecule has 0 bridgehead atoms. The molecular weight excluding hydrogens is 402 g/mol. The Balaban J connectivity index is 1.90. The van der Waals surface area contributed by atoms with E-state index in [9.17, 15) is 9.90 Å². The maximum Gasteiger partial charge on any atom is 0.320 e. The fourth-order valence-electron chi connectivity index (χ4n) is 4.28. The molecule has 7 heteroatoms. The van der Waals surface area contributed by atoms with E-state index in [0.717, 1.165) is 22.2 Å². The predicted octanol–water partition coefficient (Wildman–Crippen LogP) is 4.57. The number of hydrogen-bond donors (Lipinski definition) is 1. The van der Waals surface area contributed by atoms with Gasteiger partial charge < -0.3 is 19.3 Å². The first-order valence-electron chi connectivity index (χ1n) is 9.84. The van der Waals surface area contributed by atoms with Gasteiger partial charge in [0.15, 0.2) is 11.5 Å². The Morgan fingerprint density at radius 3 is 2.40 bits per heavy atom. The first-order chi connectivity index (χ1) is 14.6. The Kier molecular flexibility index (Phi) is 5.83. The number of ether oxygens (including phenoxy) is 3. The van der Waals surface area contributed by atoms with Gasteiger partial charge in [-0.05, 0) is 48.1 Å². The number of aliphatic carboxylic acids is 1. The van der Waals surface area contributed by atoms with Crippen molar-refractivity contribution in [2.75, 3.05) is 27.9 Å². The van der Waals surface area contributed by atoms with Crippen molar-refractivity contribution in [1.29, 1.82) is 0 Å². The second kappa shape index (κ2) is 8.53. The minimum Gasteiger partial charge on any atom is -0.493 e. The fourth-order valence-corrected chi connectivity index (χ4v) is 5.49. The molecule has 3 aromatic rings. The quantitative estimate of drug-likeness (QED) is 0.596. The summed E-state index contributed by atoms with van der Waals surface area (Å²) >= 11 is 1.69. The molecule has 0 radical (unpaired) electrons. The highest BCUT2D eigenvalue weighted by molar-refractivity contribution is 7.19. The van der Waals surface area contributed by atoms with E-state index in [1.807, 2.05) is 24.3 Å². The summed E-state index contributed by atoms with van der Waals surface area (Å²) in [7, 11) is 4.75. The maximum atomic E-state index is 12.0. The first-order valence-corrected chi connectivity index (χ1v) is 10.7. The largest absolute Gasteiger partial charge is 0.493 e. The molecule has 30 heavy (non-hydrogen) atoms. The number of methoxy groups -OCH3 is 3. The average Bonchev–Trinajstić information content (AvgIpc) is 3.40. The summed E-state index contributed by atoms with van der Waals surface area (Å²) in [6.07, 6.45) is 1.49. The molecule has 0 saturated carbocycles. The zero-order chi connectivity index (χ0) is 21.3. The highest BCUT2D eigenvalue weighted by Gasteiger charge is 2.38. The van der Waals surface area contributed by atoms with E-state index in [0.29, 0.717) is 30.2 Å². The van der Waals surface area contributed by atoms with Crippen LogP contribution in [0.1, 0.15) is 29.3 Å². The van der Waals surface area contributed by atoms with Crippen LogP contribution in [-0.2, 0) is 4.79 Å². The molecule has 2 atom stereocenters. The van der Waals surface area contributed by atoms with Crippen LogP contribution >= 0.6 is 11.3 Å². The number of fused-ring (bicyclic) bond motifs is 1. The molecule has 1 aliphatic rings. The lowest BCUT2D eigenvalue weighted by Gasteiger charge is -2.31. The number of benzene rings is 2. The van der Waals surface area contributed by atoms with Gasteiger partial charge in [0.25, 0.3) is 0 Å². The van der Waals surface area contributed by atoms with Crippen molar-refractivity contribution in [3.05, 3.63) is 52.9 Å². The van der Waals surface area contributed by atoms with Gasteiger partial charge in [0, 0.05) is 16.1 Å².